The lowest BCUT2D eigenvalue weighted by Crippen LogP contribution is -2.30. The highest BCUT2D eigenvalue weighted by molar-refractivity contribution is 7.80. The van der Waals surface area contributed by atoms with Crippen molar-refractivity contribution in [2.75, 3.05) is 4.90 Å². The van der Waals surface area contributed by atoms with Crippen LogP contribution < -0.4 is 15.0 Å². The fourth-order valence-corrected chi connectivity index (χ4v) is 3.42. The van der Waals surface area contributed by atoms with Gasteiger partial charge in [-0.3, -0.25) is 19.6 Å². The van der Waals surface area contributed by atoms with E-state index in [-0.39, 0.29) is 34.8 Å². The van der Waals surface area contributed by atoms with Gasteiger partial charge in [-0.1, -0.05) is 12.1 Å². The number of furan rings is 1. The van der Waals surface area contributed by atoms with Crippen molar-refractivity contribution in [2.45, 2.75) is 13.5 Å². The van der Waals surface area contributed by atoms with Gasteiger partial charge in [-0.05, 0) is 37.3 Å². The van der Waals surface area contributed by atoms with Gasteiger partial charge in [0.1, 0.15) is 23.8 Å². The highest BCUT2D eigenvalue weighted by atomic mass is 32.1. The van der Waals surface area contributed by atoms with Gasteiger partial charge in [0, 0.05) is 25.4 Å². The molecule has 0 radical (unpaired) electrons. The molecule has 0 atom stereocenters. The van der Waals surface area contributed by atoms with Crippen LogP contribution >= 0.6 is 12.2 Å². The van der Waals surface area contributed by atoms with E-state index in [1.54, 1.807) is 49.1 Å². The van der Waals surface area contributed by atoms with E-state index in [0.29, 0.717) is 22.9 Å². The van der Waals surface area contributed by atoms with Crippen LogP contribution in [0.4, 0.5) is 11.4 Å². The minimum atomic E-state index is -0.511. The quantitative estimate of drug-likeness (QED) is 0.270. The number of hydrogen-bond donors (Lipinski definition) is 1. The average molecular weight is 439 g/mol. The van der Waals surface area contributed by atoms with Crippen molar-refractivity contribution < 1.29 is 18.9 Å². The van der Waals surface area contributed by atoms with E-state index in [4.69, 9.17) is 21.4 Å². The van der Waals surface area contributed by atoms with Gasteiger partial charge < -0.3 is 14.5 Å². The fourth-order valence-electron chi connectivity index (χ4n) is 3.13. The van der Waals surface area contributed by atoms with Crippen molar-refractivity contribution in [2.24, 2.45) is 7.05 Å². The second-order valence-corrected chi connectivity index (χ2v) is 7.11. The molecule has 1 fully saturated rings. The summed E-state index contributed by atoms with van der Waals surface area (Å²) < 4.78 is 12.8. The van der Waals surface area contributed by atoms with E-state index in [9.17, 15) is 14.9 Å². The molecule has 3 heterocycles. The van der Waals surface area contributed by atoms with E-state index >= 15 is 0 Å². The molecule has 11 heteroatoms. The lowest BCUT2D eigenvalue weighted by atomic mass is 10.3. The second kappa shape index (κ2) is 8.03. The summed E-state index contributed by atoms with van der Waals surface area (Å²) in [6, 6.07) is 9.43. The third-order valence-electron chi connectivity index (χ3n) is 4.51. The Morgan fingerprint density at radius 3 is 2.81 bits per heavy atom. The standard InChI is InChI=1S/C20H17N5O5S/c1-12-17(10-23(2)22-12)24-19(26)15(21-20(24)31)9-13-7-8-14(30-13)11-29-18-6-4-3-5-16(18)25(27)28/h3-10H,11H2,1-2H3,(H,21,31)/b15-9+. The number of benzene rings is 1. The molecule has 0 aliphatic carbocycles. The van der Waals surface area contributed by atoms with Crippen LogP contribution in [0.5, 0.6) is 5.75 Å². The first kappa shape index (κ1) is 20.3. The Bertz CT molecular complexity index is 1230. The summed E-state index contributed by atoms with van der Waals surface area (Å²) in [5.74, 6) is 0.669. The molecule has 1 aliphatic heterocycles. The zero-order valence-corrected chi connectivity index (χ0v) is 17.4. The Labute approximate surface area is 181 Å². The number of aryl methyl sites for hydroxylation is 2. The predicted molar refractivity (Wildman–Crippen MR) is 115 cm³/mol. The summed E-state index contributed by atoms with van der Waals surface area (Å²) in [6.07, 6.45) is 3.25. The Kier molecular flexibility index (Phi) is 5.26. The number of nitrogens with zero attached hydrogens (tertiary/aromatic N) is 4. The molecule has 4 rings (SSSR count). The monoisotopic (exact) mass is 439 g/mol. The molecule has 0 unspecified atom stereocenters. The Morgan fingerprint density at radius 2 is 2.10 bits per heavy atom. The van der Waals surface area contributed by atoms with Gasteiger partial charge in [0.25, 0.3) is 5.91 Å². The number of thiocarbonyl (C=S) groups is 1. The van der Waals surface area contributed by atoms with Crippen LogP contribution in [-0.2, 0) is 18.4 Å². The normalized spacial score (nSPS) is 14.9. The highest BCUT2D eigenvalue weighted by Crippen LogP contribution is 2.28. The molecule has 1 aliphatic rings. The number of carbonyl (C=O) groups excluding carboxylic acids is 1. The Hall–Kier alpha value is -3.99. The van der Waals surface area contributed by atoms with Gasteiger partial charge in [-0.15, -0.1) is 0 Å². The number of nitro groups is 1. The van der Waals surface area contributed by atoms with Gasteiger partial charge in [-0.2, -0.15) is 5.10 Å². The van der Waals surface area contributed by atoms with Crippen molar-refractivity contribution in [3.05, 3.63) is 75.6 Å². The maximum atomic E-state index is 12.8. The second-order valence-electron chi connectivity index (χ2n) is 6.72. The smallest absolute Gasteiger partial charge is 0.310 e. The first-order valence-electron chi connectivity index (χ1n) is 9.16. The van der Waals surface area contributed by atoms with Crippen molar-refractivity contribution in [1.82, 2.24) is 15.1 Å². The van der Waals surface area contributed by atoms with Crippen LogP contribution in [0.15, 0.2) is 52.7 Å². The first-order chi connectivity index (χ1) is 14.8. The number of ether oxygens (including phenoxy) is 1. The number of amides is 1. The van der Waals surface area contributed by atoms with Crippen LogP contribution in [0, 0.1) is 17.0 Å². The molecule has 0 spiro atoms. The average Bonchev–Trinajstić information content (AvgIpc) is 3.38. The number of anilines is 1. The predicted octanol–water partition coefficient (Wildman–Crippen LogP) is 3.07. The van der Waals surface area contributed by atoms with E-state index in [1.165, 1.54) is 23.1 Å². The third-order valence-corrected chi connectivity index (χ3v) is 4.79. The molecule has 0 saturated carbocycles. The Morgan fingerprint density at radius 1 is 1.32 bits per heavy atom. The number of nitrogens with one attached hydrogen (secondary N) is 1. The van der Waals surface area contributed by atoms with Gasteiger partial charge in [0.2, 0.25) is 0 Å². The maximum absolute atomic E-state index is 12.8. The van der Waals surface area contributed by atoms with Crippen LogP contribution in [0.1, 0.15) is 17.2 Å². The molecular weight excluding hydrogens is 422 g/mol. The molecule has 158 valence electrons. The molecule has 1 aromatic carbocycles. The van der Waals surface area contributed by atoms with Crippen molar-refractivity contribution in [3.63, 3.8) is 0 Å². The summed E-state index contributed by atoms with van der Waals surface area (Å²) in [7, 11) is 1.76. The summed E-state index contributed by atoms with van der Waals surface area (Å²) >= 11 is 5.31. The van der Waals surface area contributed by atoms with Crippen molar-refractivity contribution in [1.29, 1.82) is 0 Å². The minimum absolute atomic E-state index is 0.00514. The van der Waals surface area contributed by atoms with E-state index < -0.39 is 4.92 Å². The van der Waals surface area contributed by atoms with Crippen LogP contribution in [0.2, 0.25) is 0 Å². The van der Waals surface area contributed by atoms with Crippen LogP contribution in [0.25, 0.3) is 6.08 Å². The number of carbonyl (C=O) groups is 1. The lowest BCUT2D eigenvalue weighted by Gasteiger charge is -2.11. The van der Waals surface area contributed by atoms with Crippen molar-refractivity contribution >= 4 is 40.7 Å². The maximum Gasteiger partial charge on any atom is 0.310 e. The molecule has 2 aromatic heterocycles. The number of para-hydroxylation sites is 2. The summed E-state index contributed by atoms with van der Waals surface area (Å²) in [5.41, 5.74) is 1.41. The molecule has 10 nitrogen and oxygen atoms in total. The van der Waals surface area contributed by atoms with E-state index in [2.05, 4.69) is 10.4 Å². The SMILES string of the molecule is Cc1nn(C)cc1N1C(=O)/C(=C\c2ccc(COc3ccccc3[N+](=O)[O-])o2)NC1=S. The summed E-state index contributed by atoms with van der Waals surface area (Å²) in [5, 5.41) is 18.5. The number of aromatic nitrogens is 2. The summed E-state index contributed by atoms with van der Waals surface area (Å²) in [6.45, 7) is 1.79. The molecule has 1 saturated heterocycles. The van der Waals surface area contributed by atoms with Gasteiger partial charge >= 0.3 is 5.69 Å². The molecule has 31 heavy (non-hydrogen) atoms. The van der Waals surface area contributed by atoms with Gasteiger partial charge in [-0.25, -0.2) is 4.90 Å². The molecule has 1 N–H and O–H groups in total. The number of nitro benzene ring substituents is 1. The lowest BCUT2D eigenvalue weighted by molar-refractivity contribution is -0.386. The van der Waals surface area contributed by atoms with Gasteiger partial charge in [0.15, 0.2) is 10.9 Å². The number of rotatable bonds is 6. The first-order valence-corrected chi connectivity index (χ1v) is 9.56. The third kappa shape index (κ3) is 4.03. The number of hydrogen-bond acceptors (Lipinski definition) is 7. The largest absolute Gasteiger partial charge is 0.479 e. The molecule has 1 amide bonds. The van der Waals surface area contributed by atoms with Crippen LogP contribution in [0.3, 0.4) is 0 Å². The van der Waals surface area contributed by atoms with E-state index in [1.807, 2.05) is 0 Å². The molecular formula is C20H17N5O5S. The van der Waals surface area contributed by atoms with E-state index in [0.717, 1.165) is 0 Å². The molecule has 3 aromatic rings. The summed E-state index contributed by atoms with van der Waals surface area (Å²) in [4.78, 5) is 24.8. The molecule has 0 bridgehead atoms. The fraction of sp³-hybridized carbons (Fsp3) is 0.150. The minimum Gasteiger partial charge on any atom is -0.479 e. The Balaban J connectivity index is 1.49. The van der Waals surface area contributed by atoms with Crippen molar-refractivity contribution in [3.8, 4) is 5.75 Å². The zero-order valence-electron chi connectivity index (χ0n) is 16.6. The zero-order chi connectivity index (χ0) is 22.1. The highest BCUT2D eigenvalue weighted by Gasteiger charge is 2.34. The van der Waals surface area contributed by atoms with Gasteiger partial charge in [0.05, 0.1) is 16.3 Å². The topological polar surface area (TPSA) is 116 Å². The van der Waals surface area contributed by atoms with Crippen LogP contribution in [-0.4, -0.2) is 25.7 Å².